The Labute approximate surface area is 207 Å². The molecule has 3 heterocycles. The Bertz CT molecular complexity index is 1340. The lowest BCUT2D eigenvalue weighted by Crippen LogP contribution is -2.30. The van der Waals surface area contributed by atoms with Gasteiger partial charge in [-0.1, -0.05) is 18.2 Å². The summed E-state index contributed by atoms with van der Waals surface area (Å²) in [6.07, 6.45) is 3.73. The number of nitro benzene ring substituents is 1. The van der Waals surface area contributed by atoms with Gasteiger partial charge >= 0.3 is 0 Å². The van der Waals surface area contributed by atoms with Crippen LogP contribution in [0.2, 0.25) is 0 Å². The molecule has 1 saturated heterocycles. The number of rotatable bonds is 7. The Morgan fingerprint density at radius 3 is 2.49 bits per heavy atom. The van der Waals surface area contributed by atoms with Crippen LogP contribution in [0.1, 0.15) is 29.0 Å². The van der Waals surface area contributed by atoms with Gasteiger partial charge in [-0.2, -0.15) is 0 Å². The van der Waals surface area contributed by atoms with Crippen LogP contribution in [0.15, 0.2) is 91.3 Å². The molecule has 2 aromatic carbocycles. The summed E-state index contributed by atoms with van der Waals surface area (Å²) in [4.78, 5) is 17.5. The van der Waals surface area contributed by atoms with Crippen molar-refractivity contribution in [2.45, 2.75) is 18.6 Å². The summed E-state index contributed by atoms with van der Waals surface area (Å²) in [5.41, 5.74) is 3.86. The third kappa shape index (κ3) is 4.45. The maximum Gasteiger partial charge on any atom is 0.269 e. The zero-order valence-corrected chi connectivity index (χ0v) is 19.8. The van der Waals surface area contributed by atoms with Crippen LogP contribution in [0.25, 0.3) is 5.69 Å². The van der Waals surface area contributed by atoms with Gasteiger partial charge in [0, 0.05) is 42.5 Å². The highest BCUT2D eigenvalue weighted by Gasteiger charge is 2.41. The van der Waals surface area contributed by atoms with Crippen molar-refractivity contribution in [3.8, 4) is 11.4 Å². The SMILES string of the molecule is COc1ccc(CN2C(=S)N[C@H](c3ccccn3)[C@@H]2c2cccn2-c2ccc([N+](=O)[O-])cc2)cc1. The summed E-state index contributed by atoms with van der Waals surface area (Å²) < 4.78 is 7.34. The van der Waals surface area contributed by atoms with Crippen molar-refractivity contribution in [1.29, 1.82) is 0 Å². The Hall–Kier alpha value is -4.24. The minimum Gasteiger partial charge on any atom is -0.497 e. The number of benzene rings is 2. The average Bonchev–Trinajstić information content (AvgIpc) is 3.49. The normalized spacial score (nSPS) is 17.3. The number of non-ortho nitro benzene ring substituents is 1. The number of pyridine rings is 1. The van der Waals surface area contributed by atoms with Crippen LogP contribution in [-0.4, -0.2) is 31.6 Å². The summed E-state index contributed by atoms with van der Waals surface area (Å²) >= 11 is 5.80. The number of thiocarbonyl (C=S) groups is 1. The first-order valence-corrected chi connectivity index (χ1v) is 11.5. The van der Waals surface area contributed by atoms with Crippen LogP contribution >= 0.6 is 12.2 Å². The minimum atomic E-state index is -0.395. The number of nitrogens with one attached hydrogen (secondary N) is 1. The van der Waals surface area contributed by atoms with E-state index in [4.69, 9.17) is 17.0 Å². The molecule has 8 nitrogen and oxygen atoms in total. The number of aromatic nitrogens is 2. The fourth-order valence-electron chi connectivity index (χ4n) is 4.43. The highest BCUT2D eigenvalue weighted by Crippen LogP contribution is 2.40. The molecule has 2 atom stereocenters. The molecule has 0 amide bonds. The van der Waals surface area contributed by atoms with Crippen LogP contribution < -0.4 is 10.1 Å². The van der Waals surface area contributed by atoms with Gasteiger partial charge in [-0.05, 0) is 66.3 Å². The lowest BCUT2D eigenvalue weighted by Gasteiger charge is -2.29. The summed E-state index contributed by atoms with van der Waals surface area (Å²) in [6.45, 7) is 0.593. The van der Waals surface area contributed by atoms with E-state index in [1.54, 1.807) is 25.4 Å². The van der Waals surface area contributed by atoms with Gasteiger partial charge in [0.15, 0.2) is 5.11 Å². The van der Waals surface area contributed by atoms with Crippen LogP contribution in [-0.2, 0) is 6.54 Å². The molecule has 2 aromatic heterocycles. The van der Waals surface area contributed by atoms with Crippen LogP contribution in [0.5, 0.6) is 5.75 Å². The zero-order chi connectivity index (χ0) is 24.4. The number of hydrogen-bond acceptors (Lipinski definition) is 5. The van der Waals surface area contributed by atoms with E-state index in [0.29, 0.717) is 11.7 Å². The quantitative estimate of drug-likeness (QED) is 0.225. The maximum absolute atomic E-state index is 11.1. The first kappa shape index (κ1) is 22.5. The number of methoxy groups -OCH3 is 1. The molecule has 4 aromatic rings. The number of nitro groups is 1. The molecule has 5 rings (SSSR count). The topological polar surface area (TPSA) is 85.5 Å². The fourth-order valence-corrected chi connectivity index (χ4v) is 4.74. The van der Waals surface area contributed by atoms with E-state index < -0.39 is 4.92 Å². The van der Waals surface area contributed by atoms with Gasteiger partial charge < -0.3 is 19.5 Å². The molecule has 35 heavy (non-hydrogen) atoms. The number of nitrogens with zero attached hydrogens (tertiary/aromatic N) is 4. The standard InChI is InChI=1S/C26H23N5O3S/c1-34-21-13-7-18(8-14-21)17-30-25(24(28-26(30)35)22-5-2-3-15-27-22)23-6-4-16-29(23)19-9-11-20(12-10-19)31(32)33/h2-16,24-25H,17H2,1H3,(H,28,35)/t24-,25+/m1/s1. The average molecular weight is 486 g/mol. The van der Waals surface area contributed by atoms with E-state index >= 15 is 0 Å². The second kappa shape index (κ2) is 9.55. The smallest absolute Gasteiger partial charge is 0.269 e. The van der Waals surface area contributed by atoms with Gasteiger partial charge in [0.2, 0.25) is 0 Å². The van der Waals surface area contributed by atoms with E-state index in [-0.39, 0.29) is 17.8 Å². The predicted molar refractivity (Wildman–Crippen MR) is 136 cm³/mol. The molecular weight excluding hydrogens is 462 g/mol. The summed E-state index contributed by atoms with van der Waals surface area (Å²) in [7, 11) is 1.65. The van der Waals surface area contributed by atoms with Crippen molar-refractivity contribution in [1.82, 2.24) is 19.8 Å². The summed E-state index contributed by atoms with van der Waals surface area (Å²) in [5.74, 6) is 0.797. The first-order valence-electron chi connectivity index (χ1n) is 11.1. The third-order valence-corrected chi connectivity index (χ3v) is 6.48. The number of ether oxygens (including phenoxy) is 1. The second-order valence-corrected chi connectivity index (χ2v) is 8.57. The molecular formula is C26H23N5O3S. The highest BCUT2D eigenvalue weighted by atomic mass is 32.1. The van der Waals surface area contributed by atoms with Crippen molar-refractivity contribution in [3.63, 3.8) is 0 Å². The van der Waals surface area contributed by atoms with Gasteiger partial charge in [-0.3, -0.25) is 15.1 Å². The molecule has 0 saturated carbocycles. The van der Waals surface area contributed by atoms with Gasteiger partial charge in [-0.15, -0.1) is 0 Å². The van der Waals surface area contributed by atoms with Crippen molar-refractivity contribution >= 4 is 23.0 Å². The van der Waals surface area contributed by atoms with Gasteiger partial charge in [0.25, 0.3) is 5.69 Å². The van der Waals surface area contributed by atoms with Crippen molar-refractivity contribution in [3.05, 3.63) is 118 Å². The van der Waals surface area contributed by atoms with Crippen molar-refractivity contribution < 1.29 is 9.66 Å². The minimum absolute atomic E-state index is 0.0543. The molecule has 0 bridgehead atoms. The monoisotopic (exact) mass is 485 g/mol. The Morgan fingerprint density at radius 1 is 1.06 bits per heavy atom. The fraction of sp³-hybridized carbons (Fsp3) is 0.154. The van der Waals surface area contributed by atoms with Crippen LogP contribution in [0, 0.1) is 10.1 Å². The Kier molecular flexibility index (Phi) is 6.15. The van der Waals surface area contributed by atoms with Crippen LogP contribution in [0.4, 0.5) is 5.69 Å². The van der Waals surface area contributed by atoms with Crippen molar-refractivity contribution in [2.75, 3.05) is 7.11 Å². The molecule has 9 heteroatoms. The number of hydrogen-bond donors (Lipinski definition) is 1. The van der Waals surface area contributed by atoms with E-state index in [0.717, 1.165) is 28.4 Å². The summed E-state index contributed by atoms with van der Waals surface area (Å²) in [6, 6.07) is 24.0. The van der Waals surface area contributed by atoms with Gasteiger partial charge in [0.05, 0.1) is 29.8 Å². The molecule has 1 aliphatic heterocycles. The molecule has 176 valence electrons. The lowest BCUT2D eigenvalue weighted by atomic mass is 10.0. The van der Waals surface area contributed by atoms with Crippen LogP contribution in [0.3, 0.4) is 0 Å². The Balaban J connectivity index is 1.56. The predicted octanol–water partition coefficient (Wildman–Crippen LogP) is 4.96. The Morgan fingerprint density at radius 2 is 1.83 bits per heavy atom. The molecule has 0 radical (unpaired) electrons. The van der Waals surface area contributed by atoms with E-state index in [9.17, 15) is 10.1 Å². The third-order valence-electron chi connectivity index (χ3n) is 6.13. The first-order chi connectivity index (χ1) is 17.0. The molecule has 0 unspecified atom stereocenters. The zero-order valence-electron chi connectivity index (χ0n) is 18.9. The molecule has 0 aliphatic carbocycles. The van der Waals surface area contributed by atoms with E-state index in [1.165, 1.54) is 12.1 Å². The van der Waals surface area contributed by atoms with E-state index in [2.05, 4.69) is 21.3 Å². The maximum atomic E-state index is 11.1. The van der Waals surface area contributed by atoms with Crippen molar-refractivity contribution in [2.24, 2.45) is 0 Å². The van der Waals surface area contributed by atoms with E-state index in [1.807, 2.05) is 59.3 Å². The van der Waals surface area contributed by atoms with Gasteiger partial charge in [0.1, 0.15) is 5.75 Å². The largest absolute Gasteiger partial charge is 0.497 e. The molecule has 0 spiro atoms. The van der Waals surface area contributed by atoms with Gasteiger partial charge in [-0.25, -0.2) is 0 Å². The lowest BCUT2D eigenvalue weighted by molar-refractivity contribution is -0.384. The molecule has 1 aliphatic rings. The second-order valence-electron chi connectivity index (χ2n) is 8.18. The molecule has 1 N–H and O–H groups in total. The molecule has 1 fully saturated rings. The summed E-state index contributed by atoms with van der Waals surface area (Å²) in [5, 5.41) is 15.2. The highest BCUT2D eigenvalue weighted by molar-refractivity contribution is 7.80.